The molecule has 0 radical (unpaired) electrons. The number of allylic oxidation sites excluding steroid dienone is 1. The van der Waals surface area contributed by atoms with E-state index in [2.05, 4.69) is 47.6 Å². The first-order valence-corrected chi connectivity index (χ1v) is 25.2. The van der Waals surface area contributed by atoms with Crippen LogP contribution in [0.1, 0.15) is 121 Å². The van der Waals surface area contributed by atoms with E-state index in [1.807, 2.05) is 0 Å². The number of fused-ring (bicyclic) bond motifs is 5. The molecule has 0 amide bonds. The van der Waals surface area contributed by atoms with Gasteiger partial charge in [-0.1, -0.05) is 67.0 Å². The maximum Gasteiger partial charge on any atom is 0.187 e. The van der Waals surface area contributed by atoms with Crippen LogP contribution in [0.15, 0.2) is 11.6 Å². The van der Waals surface area contributed by atoms with E-state index in [0.717, 1.165) is 25.7 Å². The summed E-state index contributed by atoms with van der Waals surface area (Å²) in [6, 6.07) is 0. The molecule has 0 aromatic carbocycles. The highest BCUT2D eigenvalue weighted by molar-refractivity contribution is 5.32. The summed E-state index contributed by atoms with van der Waals surface area (Å²) < 4.78 is 36.4. The Bertz CT molecular complexity index is 1710. The summed E-state index contributed by atoms with van der Waals surface area (Å²) in [6.45, 7) is 19.1. The topological polar surface area (TPSA) is 278 Å². The number of aliphatic hydroxyl groups excluding tert-OH is 10. The third-order valence-electron chi connectivity index (χ3n) is 19.4. The summed E-state index contributed by atoms with van der Waals surface area (Å²) in [6.07, 6.45) is -9.46. The van der Waals surface area contributed by atoms with Crippen LogP contribution in [0.2, 0.25) is 0 Å². The fraction of sp³-hybridized carbons (Fsp3) is 0.960. The van der Waals surface area contributed by atoms with Gasteiger partial charge in [0, 0.05) is 22.7 Å². The van der Waals surface area contributed by atoms with Crippen molar-refractivity contribution in [1.29, 1.82) is 0 Å². The van der Waals surface area contributed by atoms with E-state index in [9.17, 15) is 56.2 Å². The Morgan fingerprint density at radius 2 is 1.31 bits per heavy atom. The minimum atomic E-state index is -1.53. The highest BCUT2D eigenvalue weighted by Crippen LogP contribution is 2.75. The molecule has 0 spiro atoms. The van der Waals surface area contributed by atoms with Gasteiger partial charge in [-0.25, -0.2) is 0 Å². The van der Waals surface area contributed by atoms with Crippen molar-refractivity contribution in [3.63, 3.8) is 0 Å². The minimum absolute atomic E-state index is 0.0852. The standard InChI is InChI=1S/C50H86O17/c1-23(11-15-35(47(6,7)61)67-44-41(59)37(55)24(2)31(65-44)22-62-43-38(56)25(3)36(54)29(20-51)63-43)26-17-18-48(8)32-14-12-27-28(50(32,10)33(53)19-49(26,48)9)13-16-34(46(27,4)5)66-45-42(60)40(58)39(57)30(21-52)64-45/h12,23-26,28-45,51-61H,11,13-22H2,1-10H3/t23-,24-,25+,26?,28?,29-,30-,31-,32?,33-,34+,35-,36+,37+,38-,39-,40+,41-,42-,43-,44+,45+,48+,49-,50+/m1/s1. The maximum absolute atomic E-state index is 12.6. The first-order chi connectivity index (χ1) is 31.2. The average molecular weight is 959 g/mol. The molecule has 11 N–H and O–H groups in total. The van der Waals surface area contributed by atoms with Gasteiger partial charge in [0.25, 0.3) is 0 Å². The van der Waals surface area contributed by atoms with E-state index >= 15 is 0 Å². The second-order valence-corrected chi connectivity index (χ2v) is 23.8. The van der Waals surface area contributed by atoms with Crippen molar-refractivity contribution in [1.82, 2.24) is 0 Å². The van der Waals surface area contributed by atoms with E-state index < -0.39 is 134 Å². The predicted octanol–water partition coefficient (Wildman–Crippen LogP) is 1.49. The van der Waals surface area contributed by atoms with Gasteiger partial charge in [-0.05, 0) is 99.7 Å². The zero-order valence-corrected chi connectivity index (χ0v) is 41.4. The lowest BCUT2D eigenvalue weighted by atomic mass is 9.38. The van der Waals surface area contributed by atoms with Crippen LogP contribution in [0.3, 0.4) is 0 Å². The molecular formula is C50H86O17. The van der Waals surface area contributed by atoms with Crippen molar-refractivity contribution in [3.05, 3.63) is 11.6 Å². The molecule has 4 aliphatic carbocycles. The summed E-state index contributed by atoms with van der Waals surface area (Å²) in [5.74, 6) is -0.530. The molecule has 3 heterocycles. The third-order valence-corrected chi connectivity index (χ3v) is 19.4. The quantitative estimate of drug-likeness (QED) is 0.110. The molecule has 0 bridgehead atoms. The molecular weight excluding hydrogens is 873 g/mol. The normalized spacial score (nSPS) is 51.0. The molecule has 3 aliphatic heterocycles. The van der Waals surface area contributed by atoms with Crippen LogP contribution in [0, 0.1) is 57.2 Å². The lowest BCUT2D eigenvalue weighted by molar-refractivity contribution is -0.331. The molecule has 0 aromatic rings. The van der Waals surface area contributed by atoms with Crippen molar-refractivity contribution in [2.24, 2.45) is 57.2 Å². The van der Waals surface area contributed by atoms with Crippen LogP contribution in [0.25, 0.3) is 0 Å². The van der Waals surface area contributed by atoms with Crippen LogP contribution in [-0.4, -0.2) is 180 Å². The SMILES string of the molecule is C[C@@H]1[C@@H](O)[C@H](OC[C@H]2O[C@@H](O[C@H](CC[C@@H](C)C3CC[C@@]4(C)C5CC=C6C(CC[C@H](O[C@@H]7O[C@H](CO)[C@@H](O)[C@H](O)[C@H]7O)C6(C)C)[C@]5(C)[C@H](O)C[C@]34C)C(C)(C)O)[C@H](O)[C@@H](O)[C@@H]2C)O[C@H](CO)[C@H]1O. The van der Waals surface area contributed by atoms with E-state index in [-0.39, 0.29) is 47.2 Å². The molecule has 388 valence electrons. The summed E-state index contributed by atoms with van der Waals surface area (Å²) in [5.41, 5.74) is -1.36. The van der Waals surface area contributed by atoms with Gasteiger partial charge in [0.15, 0.2) is 18.9 Å². The van der Waals surface area contributed by atoms with Crippen LogP contribution in [-0.2, 0) is 28.4 Å². The van der Waals surface area contributed by atoms with E-state index in [1.54, 1.807) is 27.7 Å². The molecule has 67 heavy (non-hydrogen) atoms. The van der Waals surface area contributed by atoms with Gasteiger partial charge in [-0.2, -0.15) is 0 Å². The Morgan fingerprint density at radius 3 is 1.96 bits per heavy atom. The molecule has 25 atom stereocenters. The summed E-state index contributed by atoms with van der Waals surface area (Å²) in [4.78, 5) is 0. The van der Waals surface area contributed by atoms with Gasteiger partial charge in [-0.3, -0.25) is 0 Å². The smallest absolute Gasteiger partial charge is 0.187 e. The summed E-state index contributed by atoms with van der Waals surface area (Å²) in [5, 5.41) is 119. The lowest BCUT2D eigenvalue weighted by Crippen LogP contribution is -2.65. The van der Waals surface area contributed by atoms with Crippen LogP contribution >= 0.6 is 0 Å². The summed E-state index contributed by atoms with van der Waals surface area (Å²) in [7, 11) is 0. The van der Waals surface area contributed by atoms with Crippen molar-refractivity contribution in [2.45, 2.75) is 224 Å². The number of ether oxygens (including phenoxy) is 6. The van der Waals surface area contributed by atoms with Gasteiger partial charge in [0.05, 0.1) is 62.0 Å². The molecule has 3 saturated carbocycles. The predicted molar refractivity (Wildman–Crippen MR) is 241 cm³/mol. The van der Waals surface area contributed by atoms with Crippen molar-refractivity contribution < 1.29 is 84.6 Å². The fourth-order valence-electron chi connectivity index (χ4n) is 14.6. The van der Waals surface area contributed by atoms with Gasteiger partial charge in [0.1, 0.15) is 42.7 Å². The van der Waals surface area contributed by atoms with Gasteiger partial charge >= 0.3 is 0 Å². The van der Waals surface area contributed by atoms with E-state index in [1.165, 1.54) is 5.57 Å². The molecule has 0 aromatic heterocycles. The van der Waals surface area contributed by atoms with Gasteiger partial charge in [0.2, 0.25) is 0 Å². The Morgan fingerprint density at radius 1 is 0.701 bits per heavy atom. The largest absolute Gasteiger partial charge is 0.394 e. The van der Waals surface area contributed by atoms with Crippen molar-refractivity contribution in [2.75, 3.05) is 19.8 Å². The van der Waals surface area contributed by atoms with Crippen molar-refractivity contribution in [3.8, 4) is 0 Å². The average Bonchev–Trinajstić information content (AvgIpc) is 3.54. The molecule has 7 rings (SSSR count). The highest BCUT2D eigenvalue weighted by atomic mass is 16.7. The minimum Gasteiger partial charge on any atom is -0.394 e. The molecule has 3 unspecified atom stereocenters. The zero-order chi connectivity index (χ0) is 49.5. The number of aliphatic hydroxyl groups is 11. The molecule has 7 aliphatic rings. The maximum atomic E-state index is 12.6. The van der Waals surface area contributed by atoms with Gasteiger partial charge < -0.3 is 84.6 Å². The van der Waals surface area contributed by atoms with Crippen LogP contribution < -0.4 is 0 Å². The van der Waals surface area contributed by atoms with E-state index in [0.29, 0.717) is 25.7 Å². The second-order valence-electron chi connectivity index (χ2n) is 23.8. The number of hydrogen-bond acceptors (Lipinski definition) is 17. The first-order valence-electron chi connectivity index (χ1n) is 25.2. The molecule has 6 fully saturated rings. The fourth-order valence-corrected chi connectivity index (χ4v) is 14.6. The first kappa shape index (κ1) is 53.8. The Balaban J connectivity index is 1.01. The monoisotopic (exact) mass is 959 g/mol. The van der Waals surface area contributed by atoms with Gasteiger partial charge in [-0.15, -0.1) is 0 Å². The highest BCUT2D eigenvalue weighted by Gasteiger charge is 2.70. The van der Waals surface area contributed by atoms with Crippen molar-refractivity contribution >= 4 is 0 Å². The zero-order valence-electron chi connectivity index (χ0n) is 41.4. The van der Waals surface area contributed by atoms with Crippen LogP contribution in [0.5, 0.6) is 0 Å². The van der Waals surface area contributed by atoms with Crippen LogP contribution in [0.4, 0.5) is 0 Å². The summed E-state index contributed by atoms with van der Waals surface area (Å²) >= 11 is 0. The molecule has 17 heteroatoms. The molecule has 17 nitrogen and oxygen atoms in total. The Kier molecular flexibility index (Phi) is 15.9. The Labute approximate surface area is 396 Å². The number of hydrogen-bond donors (Lipinski definition) is 11. The lowest BCUT2D eigenvalue weighted by Gasteiger charge is -2.67. The number of rotatable bonds is 14. The molecule has 3 saturated heterocycles. The third kappa shape index (κ3) is 9.27. The Hall–Kier alpha value is -0.940. The van der Waals surface area contributed by atoms with E-state index in [4.69, 9.17) is 28.4 Å². The second kappa shape index (κ2) is 19.8.